The molecule has 1 fully saturated rings. The Bertz CT molecular complexity index is 600. The zero-order valence-corrected chi connectivity index (χ0v) is 12.8. The maximum Gasteiger partial charge on any atom is 0.287 e. The number of hydrogen-bond acceptors (Lipinski definition) is 2. The first-order chi connectivity index (χ1) is 9.62. The number of hydrogen-bond donors (Lipinski definition) is 1. The van der Waals surface area contributed by atoms with Crippen molar-refractivity contribution in [2.45, 2.75) is 31.2 Å². The van der Waals surface area contributed by atoms with Crippen LogP contribution >= 0.6 is 15.9 Å². The predicted molar refractivity (Wildman–Crippen MR) is 80.7 cm³/mol. The minimum Gasteiger partial charge on any atom is -0.459 e. The van der Waals surface area contributed by atoms with Gasteiger partial charge < -0.3 is 9.73 Å². The number of furan rings is 1. The molecule has 1 aliphatic rings. The van der Waals surface area contributed by atoms with Crippen molar-refractivity contribution in [3.8, 4) is 0 Å². The van der Waals surface area contributed by atoms with Crippen LogP contribution in [0.3, 0.4) is 0 Å². The third kappa shape index (κ3) is 2.40. The molecule has 1 heterocycles. The number of nitrogens with one attached hydrogen (secondary N) is 1. The Labute approximate surface area is 126 Å². The van der Waals surface area contributed by atoms with E-state index in [4.69, 9.17) is 4.42 Å². The largest absolute Gasteiger partial charge is 0.459 e. The molecule has 0 bridgehead atoms. The fourth-order valence-corrected chi connectivity index (χ4v) is 2.97. The molecule has 1 unspecified atom stereocenters. The Balaban J connectivity index is 1.75. The summed E-state index contributed by atoms with van der Waals surface area (Å²) in [6.45, 7) is 2.07. The average Bonchev–Trinajstić information content (AvgIpc) is 3.06. The summed E-state index contributed by atoms with van der Waals surface area (Å²) >= 11 is 3.45. The van der Waals surface area contributed by atoms with Gasteiger partial charge in [0.1, 0.15) is 0 Å². The van der Waals surface area contributed by atoms with E-state index in [9.17, 15) is 4.79 Å². The van der Waals surface area contributed by atoms with E-state index < -0.39 is 0 Å². The zero-order valence-electron chi connectivity index (χ0n) is 11.2. The zero-order chi connectivity index (χ0) is 14.2. The minimum atomic E-state index is -0.147. The monoisotopic (exact) mass is 333 g/mol. The fourth-order valence-electron chi connectivity index (χ4n) is 2.70. The van der Waals surface area contributed by atoms with Crippen molar-refractivity contribution >= 4 is 21.8 Å². The lowest BCUT2D eigenvalue weighted by Crippen LogP contribution is -2.41. The van der Waals surface area contributed by atoms with Gasteiger partial charge in [0.15, 0.2) is 5.76 Å². The van der Waals surface area contributed by atoms with Crippen molar-refractivity contribution in [3.63, 3.8) is 0 Å². The number of carbonyl (C=O) groups is 1. The Kier molecular flexibility index (Phi) is 3.42. The normalized spacial score (nSPS) is 17.5. The number of halogens is 1. The smallest absolute Gasteiger partial charge is 0.287 e. The highest BCUT2D eigenvalue weighted by atomic mass is 79.9. The van der Waals surface area contributed by atoms with Gasteiger partial charge in [-0.1, -0.05) is 28.1 Å². The summed E-state index contributed by atoms with van der Waals surface area (Å²) in [5, 5.41) is 3.05. The molecule has 2 aromatic rings. The van der Waals surface area contributed by atoms with Gasteiger partial charge in [0.05, 0.1) is 6.26 Å². The molecular weight excluding hydrogens is 318 g/mol. The van der Waals surface area contributed by atoms with Gasteiger partial charge in [-0.2, -0.15) is 0 Å². The molecule has 0 radical (unpaired) electrons. The highest BCUT2D eigenvalue weighted by Gasteiger charge is 2.49. The van der Waals surface area contributed by atoms with Gasteiger partial charge in [0.2, 0.25) is 0 Å². The highest BCUT2D eigenvalue weighted by molar-refractivity contribution is 9.10. The third-order valence-corrected chi connectivity index (χ3v) is 4.66. The molecule has 20 heavy (non-hydrogen) atoms. The molecule has 1 amide bonds. The van der Waals surface area contributed by atoms with Gasteiger partial charge in [-0.15, -0.1) is 0 Å². The van der Waals surface area contributed by atoms with E-state index in [1.54, 1.807) is 12.1 Å². The lowest BCUT2D eigenvalue weighted by Gasteiger charge is -2.24. The van der Waals surface area contributed by atoms with Gasteiger partial charge >= 0.3 is 0 Å². The van der Waals surface area contributed by atoms with E-state index in [1.807, 2.05) is 0 Å². The molecule has 1 atom stereocenters. The first kappa shape index (κ1) is 13.4. The SMILES string of the molecule is CC(NC(=O)c1ccco1)C1(c2ccc(Br)cc2)CC1. The lowest BCUT2D eigenvalue weighted by atomic mass is 9.89. The molecule has 4 heteroatoms. The third-order valence-electron chi connectivity index (χ3n) is 4.13. The quantitative estimate of drug-likeness (QED) is 0.922. The van der Waals surface area contributed by atoms with Crippen LogP contribution in [-0.2, 0) is 5.41 Å². The number of amides is 1. The van der Waals surface area contributed by atoms with Crippen LogP contribution < -0.4 is 5.32 Å². The Morgan fingerprint density at radius 3 is 2.55 bits per heavy atom. The molecular formula is C16H16BrNO2. The summed E-state index contributed by atoms with van der Waals surface area (Å²) in [6, 6.07) is 11.9. The second kappa shape index (κ2) is 5.09. The van der Waals surface area contributed by atoms with E-state index in [-0.39, 0.29) is 17.4 Å². The van der Waals surface area contributed by atoms with Crippen LogP contribution in [0.4, 0.5) is 0 Å². The summed E-state index contributed by atoms with van der Waals surface area (Å²) in [5.41, 5.74) is 1.36. The summed E-state index contributed by atoms with van der Waals surface area (Å²) in [6.07, 6.45) is 3.73. The maximum absolute atomic E-state index is 12.1. The standard InChI is InChI=1S/C16H16BrNO2/c1-11(18-15(19)14-3-2-10-20-14)16(8-9-16)12-4-6-13(17)7-5-12/h2-7,10-11H,8-9H2,1H3,(H,18,19). The molecule has 0 saturated heterocycles. The second-order valence-electron chi connectivity index (χ2n) is 5.34. The van der Waals surface area contributed by atoms with E-state index in [0.717, 1.165) is 17.3 Å². The Morgan fingerprint density at radius 2 is 2.00 bits per heavy atom. The fraction of sp³-hybridized carbons (Fsp3) is 0.312. The summed E-state index contributed by atoms with van der Waals surface area (Å²) < 4.78 is 6.21. The van der Waals surface area contributed by atoms with E-state index in [0.29, 0.717) is 5.76 Å². The minimum absolute atomic E-state index is 0.0724. The van der Waals surface area contributed by atoms with Crippen LogP contribution in [-0.4, -0.2) is 11.9 Å². The molecule has 1 saturated carbocycles. The average molecular weight is 334 g/mol. The molecule has 1 N–H and O–H groups in total. The summed E-state index contributed by atoms with van der Waals surface area (Å²) in [7, 11) is 0. The van der Waals surface area contributed by atoms with E-state index >= 15 is 0 Å². The van der Waals surface area contributed by atoms with Crippen LogP contribution in [0.25, 0.3) is 0 Å². The van der Waals surface area contributed by atoms with Crippen molar-refractivity contribution in [3.05, 3.63) is 58.5 Å². The topological polar surface area (TPSA) is 42.2 Å². The van der Waals surface area contributed by atoms with E-state index in [1.165, 1.54) is 11.8 Å². The lowest BCUT2D eigenvalue weighted by molar-refractivity contribution is 0.0903. The first-order valence-electron chi connectivity index (χ1n) is 6.72. The van der Waals surface area contributed by atoms with Gasteiger partial charge in [-0.25, -0.2) is 0 Å². The van der Waals surface area contributed by atoms with Gasteiger partial charge in [-0.3, -0.25) is 4.79 Å². The number of carbonyl (C=O) groups excluding carboxylic acids is 1. The van der Waals surface area contributed by atoms with Crippen LogP contribution in [0.2, 0.25) is 0 Å². The number of benzene rings is 1. The maximum atomic E-state index is 12.1. The summed E-state index contributed by atoms with van der Waals surface area (Å²) in [4.78, 5) is 12.1. The summed E-state index contributed by atoms with van der Waals surface area (Å²) in [5.74, 6) is 0.217. The van der Waals surface area contributed by atoms with Crippen molar-refractivity contribution in [1.82, 2.24) is 5.32 Å². The van der Waals surface area contributed by atoms with Gasteiger partial charge in [0.25, 0.3) is 5.91 Å². The molecule has 1 aromatic heterocycles. The number of rotatable bonds is 4. The van der Waals surface area contributed by atoms with Gasteiger partial charge in [0, 0.05) is 15.9 Å². The van der Waals surface area contributed by atoms with Crippen molar-refractivity contribution in [2.75, 3.05) is 0 Å². The van der Waals surface area contributed by atoms with Crippen LogP contribution in [0.15, 0.2) is 51.6 Å². The van der Waals surface area contributed by atoms with Gasteiger partial charge in [-0.05, 0) is 49.6 Å². The molecule has 104 valence electrons. The molecule has 0 spiro atoms. The highest BCUT2D eigenvalue weighted by Crippen LogP contribution is 2.51. The molecule has 3 nitrogen and oxygen atoms in total. The van der Waals surface area contributed by atoms with Crippen LogP contribution in [0, 0.1) is 0 Å². The van der Waals surface area contributed by atoms with Crippen LogP contribution in [0.5, 0.6) is 0 Å². The molecule has 0 aliphatic heterocycles. The molecule has 1 aromatic carbocycles. The van der Waals surface area contributed by atoms with Crippen molar-refractivity contribution in [2.24, 2.45) is 0 Å². The molecule has 1 aliphatic carbocycles. The van der Waals surface area contributed by atoms with E-state index in [2.05, 4.69) is 52.4 Å². The van der Waals surface area contributed by atoms with Crippen LogP contribution in [0.1, 0.15) is 35.9 Å². The van der Waals surface area contributed by atoms with Crippen molar-refractivity contribution < 1.29 is 9.21 Å². The van der Waals surface area contributed by atoms with Crippen molar-refractivity contribution in [1.29, 1.82) is 0 Å². The first-order valence-corrected chi connectivity index (χ1v) is 7.51. The molecule has 3 rings (SSSR count). The second-order valence-corrected chi connectivity index (χ2v) is 6.25. The Hall–Kier alpha value is -1.55. The predicted octanol–water partition coefficient (Wildman–Crippen LogP) is 3.89. The Morgan fingerprint density at radius 1 is 1.30 bits per heavy atom.